The molecule has 1 saturated heterocycles. The number of methoxy groups -OCH3 is 2. The molecule has 2 amide bonds. The predicted molar refractivity (Wildman–Crippen MR) is 187 cm³/mol. The quantitative estimate of drug-likeness (QED) is 0.273. The number of aryl methyl sites for hydroxylation is 1. The summed E-state index contributed by atoms with van der Waals surface area (Å²) >= 11 is 1.63. The fourth-order valence-corrected chi connectivity index (χ4v) is 8.64. The highest BCUT2D eigenvalue weighted by atomic mass is 32.1. The third-order valence-corrected chi connectivity index (χ3v) is 11.3. The van der Waals surface area contributed by atoms with Crippen molar-refractivity contribution in [2.24, 2.45) is 5.92 Å². The van der Waals surface area contributed by atoms with Crippen LogP contribution in [-0.4, -0.2) is 119 Å². The third kappa shape index (κ3) is 6.20. The van der Waals surface area contributed by atoms with E-state index in [-0.39, 0.29) is 17.7 Å². The summed E-state index contributed by atoms with van der Waals surface area (Å²) in [7, 11) is 7.16. The molecule has 3 aromatic heterocycles. The molecule has 1 aromatic carbocycles. The van der Waals surface area contributed by atoms with Gasteiger partial charge >= 0.3 is 0 Å². The number of amides is 2. The second-order valence-electron chi connectivity index (χ2n) is 13.6. The zero-order valence-corrected chi connectivity index (χ0v) is 29.8. The highest BCUT2D eigenvalue weighted by Gasteiger charge is 2.49. The van der Waals surface area contributed by atoms with Crippen molar-refractivity contribution in [1.29, 1.82) is 0 Å². The molecular weight excluding hydrogens is 643 g/mol. The van der Waals surface area contributed by atoms with E-state index >= 15 is 0 Å². The standard InChI is InChI=1S/C35H45N9O4S/c1-23-39-26(21-49-23)19-44-33-27(18-38-44)32(36-22-37-33)41-12-14-42(15-13-41)34(46)24-6-9-35(10-7-24)28-17-30(48-5)29(47-4)16-25(28)8-11-43(35)31(45)20-40(2)3/h16-18,21-22,24H,6-15,19-20H2,1-5H3. The Morgan fingerprint density at radius 2 is 1.76 bits per heavy atom. The normalized spacial score (nSPS) is 21.0. The SMILES string of the molecule is COc1cc2c(cc1OC)C1(CCC(C(=O)N3CCN(c4ncnc5c4cnn5Cc4csc(C)n4)CC3)CC1)N(C(=O)CN(C)C)CC2. The second-order valence-corrected chi connectivity index (χ2v) is 14.7. The van der Waals surface area contributed by atoms with Crippen LogP contribution >= 0.6 is 11.3 Å². The molecule has 13 nitrogen and oxygen atoms in total. The van der Waals surface area contributed by atoms with Gasteiger partial charge in [-0.25, -0.2) is 19.6 Å². The van der Waals surface area contributed by atoms with E-state index in [2.05, 4.69) is 47.4 Å². The Bertz CT molecular complexity index is 1840. The Hall–Kier alpha value is -4.30. The Balaban J connectivity index is 1.04. The van der Waals surface area contributed by atoms with E-state index in [1.807, 2.05) is 41.7 Å². The Morgan fingerprint density at radius 1 is 1.02 bits per heavy atom. The van der Waals surface area contributed by atoms with Gasteiger partial charge in [-0.15, -0.1) is 11.3 Å². The monoisotopic (exact) mass is 687 g/mol. The molecule has 2 aliphatic heterocycles. The van der Waals surface area contributed by atoms with Crippen LogP contribution in [-0.2, 0) is 28.1 Å². The maximum Gasteiger partial charge on any atom is 0.237 e. The first-order valence-corrected chi connectivity index (χ1v) is 17.9. The fraction of sp³-hybridized carbons (Fsp3) is 0.543. The zero-order chi connectivity index (χ0) is 34.3. The molecule has 0 N–H and O–H groups in total. The summed E-state index contributed by atoms with van der Waals surface area (Å²) in [5, 5.41) is 8.59. The van der Waals surface area contributed by atoms with Crippen molar-refractivity contribution in [3.63, 3.8) is 0 Å². The predicted octanol–water partition coefficient (Wildman–Crippen LogP) is 3.34. The van der Waals surface area contributed by atoms with Gasteiger partial charge in [0.05, 0.1) is 55.1 Å². The molecule has 0 bridgehead atoms. The first kappa shape index (κ1) is 33.2. The van der Waals surface area contributed by atoms with E-state index < -0.39 is 5.54 Å². The number of fused-ring (bicyclic) bond motifs is 3. The summed E-state index contributed by atoms with van der Waals surface area (Å²) in [6, 6.07) is 4.14. The van der Waals surface area contributed by atoms with Crippen LogP contribution in [0.1, 0.15) is 47.5 Å². The molecule has 0 atom stereocenters. The maximum absolute atomic E-state index is 14.0. The number of hydrogen-bond donors (Lipinski definition) is 0. The van der Waals surface area contributed by atoms with Crippen LogP contribution in [0, 0.1) is 12.8 Å². The van der Waals surface area contributed by atoms with Crippen molar-refractivity contribution >= 4 is 40.0 Å². The minimum atomic E-state index is -0.475. The summed E-state index contributed by atoms with van der Waals surface area (Å²) in [5.41, 5.74) is 3.59. The van der Waals surface area contributed by atoms with Gasteiger partial charge in [0.1, 0.15) is 12.1 Å². The molecule has 5 heterocycles. The summed E-state index contributed by atoms with van der Waals surface area (Å²) in [6.45, 7) is 6.19. The van der Waals surface area contributed by atoms with Crippen molar-refractivity contribution in [2.75, 3.05) is 72.5 Å². The minimum Gasteiger partial charge on any atom is -0.493 e. The zero-order valence-electron chi connectivity index (χ0n) is 29.0. The van der Waals surface area contributed by atoms with Gasteiger partial charge in [-0.3, -0.25) is 9.59 Å². The van der Waals surface area contributed by atoms with Gasteiger partial charge in [0, 0.05) is 44.0 Å². The Labute approximate surface area is 290 Å². The summed E-state index contributed by atoms with van der Waals surface area (Å²) in [4.78, 5) is 49.7. The minimum absolute atomic E-state index is 0.0770. The van der Waals surface area contributed by atoms with Gasteiger partial charge in [0.25, 0.3) is 0 Å². The number of benzene rings is 1. The molecule has 1 aliphatic carbocycles. The van der Waals surface area contributed by atoms with Crippen molar-refractivity contribution in [3.05, 3.63) is 51.9 Å². The fourth-order valence-electron chi connectivity index (χ4n) is 8.03. The molecule has 1 spiro atoms. The maximum atomic E-state index is 14.0. The average Bonchev–Trinajstić information content (AvgIpc) is 3.73. The van der Waals surface area contributed by atoms with Crippen molar-refractivity contribution in [1.82, 2.24) is 39.4 Å². The van der Waals surface area contributed by atoms with Gasteiger partial charge in [-0.1, -0.05) is 0 Å². The van der Waals surface area contributed by atoms with Gasteiger partial charge in [0.15, 0.2) is 17.1 Å². The number of nitrogens with zero attached hydrogens (tertiary/aromatic N) is 9. The molecule has 0 radical (unpaired) electrons. The van der Waals surface area contributed by atoms with Crippen LogP contribution in [0.5, 0.6) is 11.5 Å². The molecule has 1 saturated carbocycles. The number of likely N-dealkylation sites (N-methyl/N-ethyl adjacent to an activating group) is 1. The number of anilines is 1. The first-order chi connectivity index (χ1) is 23.7. The number of rotatable bonds is 8. The van der Waals surface area contributed by atoms with Crippen molar-refractivity contribution < 1.29 is 19.1 Å². The van der Waals surface area contributed by atoms with Crippen molar-refractivity contribution in [2.45, 2.75) is 51.1 Å². The van der Waals surface area contributed by atoms with E-state index in [9.17, 15) is 9.59 Å². The van der Waals surface area contributed by atoms with E-state index in [1.165, 1.54) is 5.56 Å². The van der Waals surface area contributed by atoms with Gasteiger partial charge in [0.2, 0.25) is 11.8 Å². The third-order valence-electron chi connectivity index (χ3n) is 10.4. The molecular formula is C35H45N9O4S. The molecule has 0 unspecified atom stereocenters. The Kier molecular flexibility index (Phi) is 9.18. The van der Waals surface area contributed by atoms with Crippen molar-refractivity contribution in [3.8, 4) is 11.5 Å². The van der Waals surface area contributed by atoms with Crippen LogP contribution in [0.2, 0.25) is 0 Å². The molecule has 2 fully saturated rings. The van der Waals surface area contributed by atoms with E-state index in [1.54, 1.807) is 31.9 Å². The van der Waals surface area contributed by atoms with Gasteiger partial charge in [-0.2, -0.15) is 5.10 Å². The molecule has 260 valence electrons. The summed E-state index contributed by atoms with van der Waals surface area (Å²) < 4.78 is 13.2. The highest BCUT2D eigenvalue weighted by Crippen LogP contribution is 2.50. The summed E-state index contributed by atoms with van der Waals surface area (Å²) in [5.74, 6) is 2.48. The molecule has 49 heavy (non-hydrogen) atoms. The van der Waals surface area contributed by atoms with E-state index in [0.717, 1.165) is 65.2 Å². The number of piperazine rings is 1. The van der Waals surface area contributed by atoms with E-state index in [0.29, 0.717) is 57.3 Å². The van der Waals surface area contributed by atoms with Crippen LogP contribution in [0.25, 0.3) is 11.0 Å². The smallest absolute Gasteiger partial charge is 0.237 e. The molecule has 4 aromatic rings. The topological polar surface area (TPSA) is 122 Å². The number of carbonyl (C=O) groups excluding carboxylic acids is 2. The largest absolute Gasteiger partial charge is 0.493 e. The lowest BCUT2D eigenvalue weighted by atomic mass is 9.68. The van der Waals surface area contributed by atoms with Crippen LogP contribution < -0.4 is 14.4 Å². The number of ether oxygens (including phenoxy) is 2. The average molecular weight is 688 g/mol. The van der Waals surface area contributed by atoms with Crippen LogP contribution in [0.15, 0.2) is 30.0 Å². The molecule has 3 aliphatic rings. The second kappa shape index (κ2) is 13.5. The number of hydrogen-bond acceptors (Lipinski definition) is 11. The summed E-state index contributed by atoms with van der Waals surface area (Å²) in [6.07, 6.45) is 7.10. The number of thiazole rings is 1. The highest BCUT2D eigenvalue weighted by molar-refractivity contribution is 7.09. The van der Waals surface area contributed by atoms with Crippen LogP contribution in [0.4, 0.5) is 5.82 Å². The molecule has 7 rings (SSSR count). The lowest BCUT2D eigenvalue weighted by Gasteiger charge is -2.52. The molecule has 14 heteroatoms. The first-order valence-electron chi connectivity index (χ1n) is 17.0. The lowest BCUT2D eigenvalue weighted by Crippen LogP contribution is -2.57. The van der Waals surface area contributed by atoms with E-state index in [4.69, 9.17) is 9.47 Å². The Morgan fingerprint density at radius 3 is 2.43 bits per heavy atom. The number of carbonyl (C=O) groups is 2. The van der Waals surface area contributed by atoms with Gasteiger partial charge in [-0.05, 0) is 76.4 Å². The number of aromatic nitrogens is 5. The lowest BCUT2D eigenvalue weighted by molar-refractivity contribution is -0.144. The van der Waals surface area contributed by atoms with Crippen LogP contribution in [0.3, 0.4) is 0 Å². The van der Waals surface area contributed by atoms with Gasteiger partial charge < -0.3 is 29.1 Å².